The van der Waals surface area contributed by atoms with Gasteiger partial charge in [0.1, 0.15) is 11.6 Å². The van der Waals surface area contributed by atoms with E-state index in [4.69, 9.17) is 19.6 Å². The average Bonchev–Trinajstić information content (AvgIpc) is 3.40. The van der Waals surface area contributed by atoms with Crippen LogP contribution in [0.1, 0.15) is 74.7 Å². The molecule has 3 aliphatic heterocycles. The number of hydrogen-bond donors (Lipinski definition) is 2. The number of aromatic nitrogens is 3. The Kier molecular flexibility index (Phi) is 9.69. The zero-order valence-electron chi connectivity index (χ0n) is 27.8. The number of benzene rings is 1. The van der Waals surface area contributed by atoms with Crippen molar-refractivity contribution in [3.63, 3.8) is 0 Å². The SMILES string of the molecule is Cc1cc(CN2C/C=C\COC3(C)CCN(CC3)c3c([C@H](OC(C)(C)C)C(=O)O)c(C)nc4cc(nn34)CNC(=O)C2=O)ccc1F. The number of carboxylic acid groups (broad SMARTS) is 1. The lowest BCUT2D eigenvalue weighted by atomic mass is 9.92. The normalized spacial score (nSPS) is 19.0. The van der Waals surface area contributed by atoms with Crippen molar-refractivity contribution in [2.45, 2.75) is 84.8 Å². The van der Waals surface area contributed by atoms with Crippen LogP contribution in [0.4, 0.5) is 10.2 Å². The molecule has 2 aromatic heterocycles. The number of fused-ring (bicyclic) bond motifs is 10. The van der Waals surface area contributed by atoms with Gasteiger partial charge in [0.05, 0.1) is 35.6 Å². The first-order valence-corrected chi connectivity index (χ1v) is 15.8. The Hall–Kier alpha value is -4.36. The fourth-order valence-corrected chi connectivity index (χ4v) is 5.94. The third kappa shape index (κ3) is 7.79. The van der Waals surface area contributed by atoms with Gasteiger partial charge < -0.3 is 29.7 Å². The molecule has 0 radical (unpaired) electrons. The Bertz CT molecular complexity index is 1700. The number of anilines is 1. The Morgan fingerprint density at radius 1 is 1.17 bits per heavy atom. The molecule has 12 nitrogen and oxygen atoms in total. The van der Waals surface area contributed by atoms with Gasteiger partial charge in [-0.2, -0.15) is 9.61 Å². The van der Waals surface area contributed by atoms with Gasteiger partial charge in [0, 0.05) is 37.9 Å². The number of ether oxygens (including phenoxy) is 2. The van der Waals surface area contributed by atoms with Crippen molar-refractivity contribution in [3.8, 4) is 0 Å². The molecule has 4 bridgehead atoms. The van der Waals surface area contributed by atoms with Crippen molar-refractivity contribution in [2.24, 2.45) is 0 Å². The summed E-state index contributed by atoms with van der Waals surface area (Å²) in [5.74, 6) is -2.50. The summed E-state index contributed by atoms with van der Waals surface area (Å²) in [6, 6.07) is 6.31. The quantitative estimate of drug-likeness (QED) is 0.310. The number of carbonyl (C=O) groups is 3. The molecule has 0 saturated carbocycles. The van der Waals surface area contributed by atoms with Crippen LogP contribution in [0.25, 0.3) is 5.65 Å². The van der Waals surface area contributed by atoms with Crippen LogP contribution in [0, 0.1) is 19.7 Å². The van der Waals surface area contributed by atoms with Crippen LogP contribution in [-0.2, 0) is 36.9 Å². The molecular formula is C34H43FN6O6. The van der Waals surface area contributed by atoms with Crippen molar-refractivity contribution in [1.29, 1.82) is 0 Å². The number of rotatable bonds is 5. The molecule has 2 N–H and O–H groups in total. The summed E-state index contributed by atoms with van der Waals surface area (Å²) in [6.45, 7) is 12.5. The predicted molar refractivity (Wildman–Crippen MR) is 172 cm³/mol. The molecule has 1 fully saturated rings. The molecule has 47 heavy (non-hydrogen) atoms. The molecule has 0 aliphatic carbocycles. The summed E-state index contributed by atoms with van der Waals surface area (Å²) in [5, 5.41) is 17.7. The maximum atomic E-state index is 13.9. The van der Waals surface area contributed by atoms with E-state index >= 15 is 0 Å². The van der Waals surface area contributed by atoms with E-state index in [2.05, 4.69) is 17.1 Å². The molecule has 1 aromatic carbocycles. The standard InChI is InChI=1S/C34H43FN6O6/c1-21-17-23(9-10-25(21)35)20-40-13-7-8-16-46-34(6)11-14-39(15-12-34)30-27(28(32(44)45)47-33(3,4)5)22(2)37-26-18-24(38-41(26)30)19-36-29(42)31(40)43/h7-10,17-18,28H,11-16,19-20H2,1-6H3,(H,36,42)(H,44,45)/b8-7-/t28-/m0/s1. The van der Waals surface area contributed by atoms with Gasteiger partial charge in [-0.25, -0.2) is 14.2 Å². The molecule has 2 amide bonds. The minimum Gasteiger partial charge on any atom is -0.479 e. The number of amides is 2. The Morgan fingerprint density at radius 3 is 2.55 bits per heavy atom. The van der Waals surface area contributed by atoms with Gasteiger partial charge in [0.2, 0.25) is 0 Å². The molecule has 0 spiro atoms. The molecule has 3 aromatic rings. The highest BCUT2D eigenvalue weighted by Crippen LogP contribution is 2.37. The van der Waals surface area contributed by atoms with Crippen LogP contribution in [0.3, 0.4) is 0 Å². The van der Waals surface area contributed by atoms with E-state index in [0.717, 1.165) is 0 Å². The molecule has 5 heterocycles. The Balaban J connectivity index is 1.54. The van der Waals surface area contributed by atoms with Crippen LogP contribution in [0.2, 0.25) is 0 Å². The Labute approximate surface area is 273 Å². The first-order valence-electron chi connectivity index (χ1n) is 15.8. The third-order valence-corrected chi connectivity index (χ3v) is 8.46. The minimum absolute atomic E-state index is 0.0617. The van der Waals surface area contributed by atoms with Crippen LogP contribution >= 0.6 is 0 Å². The smallest absolute Gasteiger partial charge is 0.337 e. The van der Waals surface area contributed by atoms with E-state index in [0.29, 0.717) is 72.1 Å². The maximum absolute atomic E-state index is 13.9. The van der Waals surface area contributed by atoms with Gasteiger partial charge in [0.25, 0.3) is 0 Å². The number of carbonyl (C=O) groups excluding carboxylic acids is 2. The highest BCUT2D eigenvalue weighted by Gasteiger charge is 2.38. The minimum atomic E-state index is -1.31. The number of hydrogen-bond acceptors (Lipinski definition) is 8. The van der Waals surface area contributed by atoms with E-state index in [1.807, 2.05) is 6.08 Å². The largest absolute Gasteiger partial charge is 0.479 e. The van der Waals surface area contributed by atoms with Crippen LogP contribution in [0.15, 0.2) is 36.4 Å². The summed E-state index contributed by atoms with van der Waals surface area (Å²) < 4.78 is 27.9. The summed E-state index contributed by atoms with van der Waals surface area (Å²) >= 11 is 0. The van der Waals surface area contributed by atoms with E-state index in [1.165, 1.54) is 11.0 Å². The number of aryl methyl sites for hydroxylation is 2. The average molecular weight is 651 g/mol. The topological polar surface area (TPSA) is 139 Å². The summed E-state index contributed by atoms with van der Waals surface area (Å²) in [5.41, 5.74) is 1.73. The number of nitrogens with zero attached hydrogens (tertiary/aromatic N) is 5. The second-order valence-electron chi connectivity index (χ2n) is 13.5. The number of halogens is 1. The van der Waals surface area contributed by atoms with E-state index in [1.54, 1.807) is 63.4 Å². The van der Waals surface area contributed by atoms with Gasteiger partial charge in [-0.3, -0.25) is 9.59 Å². The third-order valence-electron chi connectivity index (χ3n) is 8.46. The second kappa shape index (κ2) is 13.4. The summed E-state index contributed by atoms with van der Waals surface area (Å²) in [6.07, 6.45) is 3.64. The lowest BCUT2D eigenvalue weighted by Crippen LogP contribution is -2.46. The molecule has 13 heteroatoms. The predicted octanol–water partition coefficient (Wildman–Crippen LogP) is 4.02. The highest BCUT2D eigenvalue weighted by atomic mass is 19.1. The van der Waals surface area contributed by atoms with Crippen molar-refractivity contribution < 1.29 is 33.4 Å². The van der Waals surface area contributed by atoms with E-state index in [-0.39, 0.29) is 25.5 Å². The molecule has 6 rings (SSSR count). The zero-order chi connectivity index (χ0) is 34.1. The van der Waals surface area contributed by atoms with Gasteiger partial charge in [-0.15, -0.1) is 0 Å². The number of nitrogens with one attached hydrogen (secondary N) is 1. The number of carboxylic acids is 1. The molecule has 0 unspecified atom stereocenters. The molecule has 252 valence electrons. The number of aliphatic carboxylic acids is 1. The fourth-order valence-electron chi connectivity index (χ4n) is 5.94. The lowest BCUT2D eigenvalue weighted by molar-refractivity contribution is -0.160. The fraction of sp³-hybridized carbons (Fsp3) is 0.500. The monoisotopic (exact) mass is 650 g/mol. The van der Waals surface area contributed by atoms with Crippen molar-refractivity contribution >= 4 is 29.2 Å². The first kappa shape index (κ1) is 34.0. The second-order valence-corrected chi connectivity index (χ2v) is 13.5. The lowest BCUT2D eigenvalue weighted by Gasteiger charge is -2.41. The maximum Gasteiger partial charge on any atom is 0.337 e. The van der Waals surface area contributed by atoms with E-state index in [9.17, 15) is 23.9 Å². The summed E-state index contributed by atoms with van der Waals surface area (Å²) in [7, 11) is 0. The summed E-state index contributed by atoms with van der Waals surface area (Å²) in [4.78, 5) is 47.4. The van der Waals surface area contributed by atoms with Crippen LogP contribution in [0.5, 0.6) is 0 Å². The molecular weight excluding hydrogens is 607 g/mol. The van der Waals surface area contributed by atoms with Crippen molar-refractivity contribution in [1.82, 2.24) is 24.8 Å². The van der Waals surface area contributed by atoms with Gasteiger partial charge in [-0.1, -0.05) is 24.3 Å². The van der Waals surface area contributed by atoms with Gasteiger partial charge in [-0.05, 0) is 71.6 Å². The first-order chi connectivity index (χ1) is 22.1. The highest BCUT2D eigenvalue weighted by molar-refractivity contribution is 6.34. The molecule has 1 saturated heterocycles. The number of piperidine rings is 1. The Morgan fingerprint density at radius 2 is 1.89 bits per heavy atom. The molecule has 3 aliphatic rings. The van der Waals surface area contributed by atoms with E-state index < -0.39 is 35.1 Å². The van der Waals surface area contributed by atoms with Gasteiger partial charge >= 0.3 is 17.8 Å². The van der Waals surface area contributed by atoms with Crippen molar-refractivity contribution in [2.75, 3.05) is 31.1 Å². The zero-order valence-corrected chi connectivity index (χ0v) is 27.8. The van der Waals surface area contributed by atoms with Crippen molar-refractivity contribution in [3.05, 3.63) is 70.3 Å². The molecule has 1 atom stereocenters. The van der Waals surface area contributed by atoms with Gasteiger partial charge in [0.15, 0.2) is 11.8 Å². The van der Waals surface area contributed by atoms with Crippen LogP contribution in [-0.4, -0.2) is 79.8 Å². The van der Waals surface area contributed by atoms with Crippen LogP contribution < -0.4 is 10.2 Å².